The van der Waals surface area contributed by atoms with E-state index in [4.69, 9.17) is 10.4 Å². The van der Waals surface area contributed by atoms with Crippen LogP contribution in [-0.2, 0) is 11.2 Å². The number of nitrogens with zero attached hydrogens (tertiary/aromatic N) is 1. The number of carboxylic acid groups (broad SMARTS) is 1. The predicted octanol–water partition coefficient (Wildman–Crippen LogP) is 1.91. The third kappa shape index (κ3) is 2.51. The van der Waals surface area contributed by atoms with Crippen LogP contribution in [0.3, 0.4) is 0 Å². The second-order valence-electron chi connectivity index (χ2n) is 2.71. The maximum atomic E-state index is 10.5. The van der Waals surface area contributed by atoms with Crippen LogP contribution in [0.1, 0.15) is 11.1 Å². The summed E-state index contributed by atoms with van der Waals surface area (Å²) in [7, 11) is 0. The van der Waals surface area contributed by atoms with Gasteiger partial charge in [0.25, 0.3) is 0 Å². The molecule has 0 atom stereocenters. The summed E-state index contributed by atoms with van der Waals surface area (Å²) in [6.45, 7) is 0. The van der Waals surface area contributed by atoms with Gasteiger partial charge in [0.1, 0.15) is 0 Å². The molecule has 1 aromatic rings. The minimum Gasteiger partial charge on any atom is -0.481 e. The summed E-state index contributed by atoms with van der Waals surface area (Å²) in [5, 5.41) is 17.4. The molecule has 3 nitrogen and oxygen atoms in total. The molecular weight excluding hydrogens is 198 g/mol. The Morgan fingerprint density at radius 2 is 2.36 bits per heavy atom. The van der Waals surface area contributed by atoms with Crippen LogP contribution >= 0.6 is 11.8 Å². The molecule has 0 heterocycles. The molecule has 0 aliphatic carbocycles. The van der Waals surface area contributed by atoms with Gasteiger partial charge in [-0.3, -0.25) is 4.79 Å². The zero-order chi connectivity index (χ0) is 10.6. The molecule has 0 aliphatic heterocycles. The number of benzene rings is 1. The van der Waals surface area contributed by atoms with Gasteiger partial charge in [-0.25, -0.2) is 0 Å². The van der Waals surface area contributed by atoms with E-state index in [2.05, 4.69) is 0 Å². The molecule has 0 unspecified atom stereocenters. The highest BCUT2D eigenvalue weighted by Gasteiger charge is 2.07. The Morgan fingerprint density at radius 3 is 2.86 bits per heavy atom. The highest BCUT2D eigenvalue weighted by molar-refractivity contribution is 7.98. The van der Waals surface area contributed by atoms with Crippen molar-refractivity contribution in [1.29, 1.82) is 5.26 Å². The fourth-order valence-electron chi connectivity index (χ4n) is 1.12. The zero-order valence-electron chi connectivity index (χ0n) is 7.65. The zero-order valence-corrected chi connectivity index (χ0v) is 8.47. The number of hydrogen-bond acceptors (Lipinski definition) is 3. The summed E-state index contributed by atoms with van der Waals surface area (Å²) >= 11 is 1.53. The van der Waals surface area contributed by atoms with E-state index in [0.29, 0.717) is 11.1 Å². The van der Waals surface area contributed by atoms with E-state index in [0.717, 1.165) is 4.90 Å². The maximum Gasteiger partial charge on any atom is 0.307 e. The summed E-state index contributed by atoms with van der Waals surface area (Å²) in [6.07, 6.45) is 1.81. The molecule has 0 bridgehead atoms. The second kappa shape index (κ2) is 4.68. The molecule has 1 rings (SSSR count). The Morgan fingerprint density at radius 1 is 1.64 bits per heavy atom. The highest BCUT2D eigenvalue weighted by atomic mass is 32.2. The standard InChI is InChI=1S/C10H9NO2S/c1-14-9-3-2-7(6-11)8(4-9)5-10(12)13/h2-4H,5H2,1H3,(H,12,13). The van der Waals surface area contributed by atoms with Crippen LogP contribution in [0.4, 0.5) is 0 Å². The van der Waals surface area contributed by atoms with E-state index in [1.54, 1.807) is 12.1 Å². The van der Waals surface area contributed by atoms with Crippen molar-refractivity contribution in [3.05, 3.63) is 29.3 Å². The van der Waals surface area contributed by atoms with Gasteiger partial charge in [0, 0.05) is 4.90 Å². The second-order valence-corrected chi connectivity index (χ2v) is 3.59. The fourth-order valence-corrected chi connectivity index (χ4v) is 1.58. The van der Waals surface area contributed by atoms with Gasteiger partial charge in [0.15, 0.2) is 0 Å². The number of rotatable bonds is 3. The molecule has 72 valence electrons. The molecule has 1 aromatic carbocycles. The maximum absolute atomic E-state index is 10.5. The number of hydrogen-bond donors (Lipinski definition) is 1. The monoisotopic (exact) mass is 207 g/mol. The van der Waals surface area contributed by atoms with Crippen molar-refractivity contribution in [3.63, 3.8) is 0 Å². The molecule has 0 saturated carbocycles. The van der Waals surface area contributed by atoms with Crippen molar-refractivity contribution in [2.75, 3.05) is 6.26 Å². The van der Waals surface area contributed by atoms with Gasteiger partial charge in [-0.15, -0.1) is 11.8 Å². The van der Waals surface area contributed by atoms with Crippen molar-refractivity contribution in [1.82, 2.24) is 0 Å². The first-order valence-corrected chi connectivity index (χ1v) is 5.18. The third-order valence-electron chi connectivity index (χ3n) is 1.77. The van der Waals surface area contributed by atoms with Crippen LogP contribution in [0.2, 0.25) is 0 Å². The van der Waals surface area contributed by atoms with E-state index in [1.165, 1.54) is 11.8 Å². The van der Waals surface area contributed by atoms with E-state index in [-0.39, 0.29) is 6.42 Å². The highest BCUT2D eigenvalue weighted by Crippen LogP contribution is 2.19. The predicted molar refractivity (Wildman–Crippen MR) is 54.3 cm³/mol. The Kier molecular flexibility index (Phi) is 3.55. The van der Waals surface area contributed by atoms with E-state index in [9.17, 15) is 4.79 Å². The molecular formula is C10H9NO2S. The number of carboxylic acids is 1. The van der Waals surface area contributed by atoms with Gasteiger partial charge >= 0.3 is 5.97 Å². The minimum atomic E-state index is -0.917. The molecule has 0 fully saturated rings. The number of thioether (sulfide) groups is 1. The molecule has 0 saturated heterocycles. The van der Waals surface area contributed by atoms with Gasteiger partial charge in [-0.2, -0.15) is 5.26 Å². The minimum absolute atomic E-state index is 0.0999. The van der Waals surface area contributed by atoms with Crippen molar-refractivity contribution in [2.24, 2.45) is 0 Å². The lowest BCUT2D eigenvalue weighted by atomic mass is 10.1. The smallest absolute Gasteiger partial charge is 0.307 e. The van der Waals surface area contributed by atoms with Gasteiger partial charge in [-0.05, 0) is 30.0 Å². The lowest BCUT2D eigenvalue weighted by molar-refractivity contribution is -0.136. The summed E-state index contributed by atoms with van der Waals surface area (Å²) in [5.41, 5.74) is 1.01. The van der Waals surface area contributed by atoms with E-state index < -0.39 is 5.97 Å². The van der Waals surface area contributed by atoms with Crippen molar-refractivity contribution in [3.8, 4) is 6.07 Å². The van der Waals surface area contributed by atoms with Crippen LogP contribution in [-0.4, -0.2) is 17.3 Å². The first kappa shape index (κ1) is 10.6. The molecule has 0 spiro atoms. The van der Waals surface area contributed by atoms with E-state index in [1.807, 2.05) is 18.4 Å². The van der Waals surface area contributed by atoms with Crippen LogP contribution in [0.5, 0.6) is 0 Å². The Labute approximate surface area is 86.4 Å². The molecule has 0 aliphatic rings. The van der Waals surface area contributed by atoms with Gasteiger partial charge in [0.05, 0.1) is 18.1 Å². The largest absolute Gasteiger partial charge is 0.481 e. The van der Waals surface area contributed by atoms with Gasteiger partial charge < -0.3 is 5.11 Å². The number of carbonyl (C=O) groups is 1. The number of aliphatic carboxylic acids is 1. The van der Waals surface area contributed by atoms with E-state index >= 15 is 0 Å². The summed E-state index contributed by atoms with van der Waals surface area (Å²) < 4.78 is 0. The first-order valence-electron chi connectivity index (χ1n) is 3.96. The van der Waals surface area contributed by atoms with Crippen molar-refractivity contribution >= 4 is 17.7 Å². The Balaban J connectivity index is 3.09. The van der Waals surface area contributed by atoms with Crippen LogP contribution in [0, 0.1) is 11.3 Å². The molecule has 4 heteroatoms. The average molecular weight is 207 g/mol. The molecule has 0 amide bonds. The number of nitriles is 1. The summed E-state index contributed by atoms with van der Waals surface area (Å²) in [5.74, 6) is -0.917. The first-order chi connectivity index (χ1) is 6.67. The topological polar surface area (TPSA) is 61.1 Å². The summed E-state index contributed by atoms with van der Waals surface area (Å²) in [6, 6.07) is 7.20. The van der Waals surface area contributed by atoms with Crippen LogP contribution in [0.25, 0.3) is 0 Å². The molecule has 14 heavy (non-hydrogen) atoms. The van der Waals surface area contributed by atoms with Gasteiger partial charge in [0.2, 0.25) is 0 Å². The summed E-state index contributed by atoms with van der Waals surface area (Å²) in [4.78, 5) is 11.5. The molecule has 1 N–H and O–H groups in total. The Hall–Kier alpha value is -1.47. The van der Waals surface area contributed by atoms with Gasteiger partial charge in [-0.1, -0.05) is 0 Å². The normalized spacial score (nSPS) is 9.43. The lowest BCUT2D eigenvalue weighted by Crippen LogP contribution is -2.02. The van der Waals surface area contributed by atoms with Crippen molar-refractivity contribution < 1.29 is 9.90 Å². The third-order valence-corrected chi connectivity index (χ3v) is 2.50. The van der Waals surface area contributed by atoms with Crippen LogP contribution in [0.15, 0.2) is 23.1 Å². The molecule has 0 aromatic heterocycles. The van der Waals surface area contributed by atoms with Crippen LogP contribution < -0.4 is 0 Å². The quantitative estimate of drug-likeness (QED) is 0.769. The SMILES string of the molecule is CSc1ccc(C#N)c(CC(=O)O)c1. The Bertz CT molecular complexity index is 396. The average Bonchev–Trinajstić information content (AvgIpc) is 2.16. The molecule has 0 radical (unpaired) electrons. The lowest BCUT2D eigenvalue weighted by Gasteiger charge is -2.02. The van der Waals surface area contributed by atoms with Crippen molar-refractivity contribution in [2.45, 2.75) is 11.3 Å². The fraction of sp³-hybridized carbons (Fsp3) is 0.200.